The van der Waals surface area contributed by atoms with Gasteiger partial charge in [-0.1, -0.05) is 6.92 Å². The van der Waals surface area contributed by atoms with E-state index in [2.05, 4.69) is 27.4 Å². The van der Waals surface area contributed by atoms with Crippen LogP contribution in [0.15, 0.2) is 18.5 Å². The number of hydrogen-bond acceptors (Lipinski definition) is 4. The number of carbonyl (C=O) groups excluding carboxylic acids is 1. The lowest BCUT2D eigenvalue weighted by Crippen LogP contribution is -2.17. The minimum absolute atomic E-state index is 0.0346. The zero-order valence-electron chi connectivity index (χ0n) is 16.7. The van der Waals surface area contributed by atoms with Crippen LogP contribution in [0.2, 0.25) is 0 Å². The minimum Gasteiger partial charge on any atom is -0.319 e. The number of carbonyl (C=O) groups is 1. The van der Waals surface area contributed by atoms with Crippen molar-refractivity contribution in [2.45, 2.75) is 58.9 Å². The van der Waals surface area contributed by atoms with Crippen LogP contribution in [0, 0.1) is 19.8 Å². The topological polar surface area (TPSA) is 77.1 Å². The van der Waals surface area contributed by atoms with Gasteiger partial charge in [-0.05, 0) is 51.5 Å². The fraction of sp³-hybridized carbons (Fsp3) is 0.500. The number of nitrogens with zero attached hydrogens (tertiary/aromatic N) is 5. The zero-order chi connectivity index (χ0) is 20.7. The molecule has 7 nitrogen and oxygen atoms in total. The highest BCUT2D eigenvalue weighted by molar-refractivity contribution is 6.08. The summed E-state index contributed by atoms with van der Waals surface area (Å²) in [6.07, 6.45) is 4.03. The van der Waals surface area contributed by atoms with E-state index in [0.717, 1.165) is 37.1 Å². The molecule has 3 heterocycles. The molecule has 3 aromatic heterocycles. The Balaban J connectivity index is 1.63. The van der Waals surface area contributed by atoms with Gasteiger partial charge in [0.15, 0.2) is 11.3 Å². The second kappa shape index (κ2) is 7.53. The maximum absolute atomic E-state index is 13.6. The quantitative estimate of drug-likeness (QED) is 0.698. The Morgan fingerprint density at radius 1 is 1.24 bits per heavy atom. The van der Waals surface area contributed by atoms with Crippen molar-refractivity contribution in [2.24, 2.45) is 5.92 Å². The molecule has 4 rings (SSSR count). The van der Waals surface area contributed by atoms with Crippen molar-refractivity contribution in [3.63, 3.8) is 0 Å². The number of fused-ring (bicyclic) bond motifs is 1. The molecule has 1 aliphatic rings. The molecule has 3 aromatic rings. The molecule has 0 aromatic carbocycles. The van der Waals surface area contributed by atoms with Crippen LogP contribution in [-0.4, -0.2) is 30.3 Å². The van der Waals surface area contributed by atoms with E-state index < -0.39 is 18.0 Å². The number of aromatic nitrogens is 5. The number of anilines is 1. The smallest absolute Gasteiger partial charge is 0.284 e. The van der Waals surface area contributed by atoms with Gasteiger partial charge in [-0.3, -0.25) is 9.48 Å². The van der Waals surface area contributed by atoms with E-state index in [1.165, 1.54) is 12.4 Å². The molecule has 29 heavy (non-hydrogen) atoms. The summed E-state index contributed by atoms with van der Waals surface area (Å²) >= 11 is 0. The van der Waals surface area contributed by atoms with E-state index in [1.54, 1.807) is 9.20 Å². The summed E-state index contributed by atoms with van der Waals surface area (Å²) < 4.78 is 30.3. The normalized spacial score (nSPS) is 19.8. The highest BCUT2D eigenvalue weighted by Gasteiger charge is 2.26. The summed E-state index contributed by atoms with van der Waals surface area (Å²) in [5, 5.41) is 10.9. The van der Waals surface area contributed by atoms with Gasteiger partial charge in [-0.2, -0.15) is 10.2 Å². The standard InChI is InChI=1S/C20H24F2N6O/c1-11-4-6-14(7-5-11)27-10-16(17(26-27)18(21)22)25-20(29)15-9-23-28-13(3)8-12(2)24-19(15)28/h8-11,14,18H,4-7H2,1-3H3,(H,25,29)/t11-,14-. The number of aryl methyl sites for hydroxylation is 2. The van der Waals surface area contributed by atoms with E-state index >= 15 is 0 Å². The molecule has 0 bridgehead atoms. The molecular weight excluding hydrogens is 378 g/mol. The SMILES string of the molecule is Cc1cc(C)n2ncc(C(=O)Nc3cn([C@H]4CC[C@H](C)CC4)nc3C(F)F)c2n1. The molecule has 154 valence electrons. The van der Waals surface area contributed by atoms with Crippen molar-refractivity contribution in [3.8, 4) is 0 Å². The van der Waals surface area contributed by atoms with Crippen LogP contribution in [-0.2, 0) is 0 Å². The summed E-state index contributed by atoms with van der Waals surface area (Å²) in [6, 6.07) is 1.93. The van der Waals surface area contributed by atoms with Gasteiger partial charge in [0.05, 0.1) is 17.9 Å². The van der Waals surface area contributed by atoms with Crippen LogP contribution in [0.5, 0.6) is 0 Å². The Morgan fingerprint density at radius 2 is 1.97 bits per heavy atom. The van der Waals surface area contributed by atoms with Gasteiger partial charge in [-0.15, -0.1) is 0 Å². The molecule has 0 atom stereocenters. The molecule has 0 saturated heterocycles. The van der Waals surface area contributed by atoms with E-state index in [0.29, 0.717) is 11.6 Å². The molecule has 1 saturated carbocycles. The molecule has 0 spiro atoms. The molecular formula is C20H24F2N6O. The number of hydrogen-bond donors (Lipinski definition) is 1. The Labute approximate surface area is 167 Å². The van der Waals surface area contributed by atoms with Gasteiger partial charge < -0.3 is 5.32 Å². The molecule has 0 aliphatic heterocycles. The second-order valence-electron chi connectivity index (χ2n) is 7.91. The summed E-state index contributed by atoms with van der Waals surface area (Å²) in [5.74, 6) is 0.113. The predicted octanol–water partition coefficient (Wildman–Crippen LogP) is 4.48. The molecule has 1 amide bonds. The molecule has 1 aliphatic carbocycles. The maximum Gasteiger partial charge on any atom is 0.284 e. The maximum atomic E-state index is 13.6. The molecule has 0 unspecified atom stereocenters. The molecule has 1 fully saturated rings. The molecule has 0 radical (unpaired) electrons. The lowest BCUT2D eigenvalue weighted by molar-refractivity contribution is 0.102. The van der Waals surface area contributed by atoms with Gasteiger partial charge in [-0.25, -0.2) is 18.3 Å². The number of halogens is 2. The summed E-state index contributed by atoms with van der Waals surface area (Å²) in [4.78, 5) is 17.2. The van der Waals surface area contributed by atoms with Crippen molar-refractivity contribution in [2.75, 3.05) is 5.32 Å². The second-order valence-corrected chi connectivity index (χ2v) is 7.91. The third kappa shape index (κ3) is 3.73. The fourth-order valence-corrected chi connectivity index (χ4v) is 3.98. The van der Waals surface area contributed by atoms with Crippen LogP contribution in [0.1, 0.15) is 72.5 Å². The summed E-state index contributed by atoms with van der Waals surface area (Å²) in [6.45, 7) is 5.88. The van der Waals surface area contributed by atoms with Crippen molar-refractivity contribution in [3.05, 3.63) is 41.1 Å². The Hall–Kier alpha value is -2.84. The van der Waals surface area contributed by atoms with E-state index in [-0.39, 0.29) is 17.3 Å². The highest BCUT2D eigenvalue weighted by atomic mass is 19.3. The van der Waals surface area contributed by atoms with E-state index in [9.17, 15) is 13.6 Å². The van der Waals surface area contributed by atoms with Crippen molar-refractivity contribution in [1.29, 1.82) is 0 Å². The van der Waals surface area contributed by atoms with Gasteiger partial charge in [0, 0.05) is 17.6 Å². The van der Waals surface area contributed by atoms with E-state index in [1.807, 2.05) is 19.9 Å². The van der Waals surface area contributed by atoms with Crippen molar-refractivity contribution < 1.29 is 13.6 Å². The van der Waals surface area contributed by atoms with E-state index in [4.69, 9.17) is 0 Å². The monoisotopic (exact) mass is 402 g/mol. The molecule has 9 heteroatoms. The van der Waals surface area contributed by atoms with Gasteiger partial charge in [0.1, 0.15) is 5.56 Å². The first-order valence-electron chi connectivity index (χ1n) is 9.84. The van der Waals surface area contributed by atoms with Crippen LogP contribution >= 0.6 is 0 Å². The van der Waals surface area contributed by atoms with Crippen LogP contribution in [0.4, 0.5) is 14.5 Å². The Bertz CT molecular complexity index is 1050. The molecule has 1 N–H and O–H groups in total. The first kappa shape index (κ1) is 19.5. The van der Waals surface area contributed by atoms with Gasteiger partial charge >= 0.3 is 0 Å². The largest absolute Gasteiger partial charge is 0.319 e. The van der Waals surface area contributed by atoms with Crippen LogP contribution < -0.4 is 5.32 Å². The highest BCUT2D eigenvalue weighted by Crippen LogP contribution is 2.34. The lowest BCUT2D eigenvalue weighted by atomic mass is 9.87. The fourth-order valence-electron chi connectivity index (χ4n) is 3.98. The average molecular weight is 402 g/mol. The van der Waals surface area contributed by atoms with Crippen LogP contribution in [0.3, 0.4) is 0 Å². The first-order valence-corrected chi connectivity index (χ1v) is 9.84. The summed E-state index contributed by atoms with van der Waals surface area (Å²) in [5.41, 5.74) is 1.83. The third-order valence-electron chi connectivity index (χ3n) is 5.60. The minimum atomic E-state index is -2.78. The predicted molar refractivity (Wildman–Crippen MR) is 104 cm³/mol. The number of nitrogens with one attached hydrogen (secondary N) is 1. The van der Waals surface area contributed by atoms with Gasteiger partial charge in [0.2, 0.25) is 0 Å². The van der Waals surface area contributed by atoms with Crippen molar-refractivity contribution in [1.82, 2.24) is 24.4 Å². The number of amides is 1. The lowest BCUT2D eigenvalue weighted by Gasteiger charge is -2.26. The zero-order valence-corrected chi connectivity index (χ0v) is 16.7. The van der Waals surface area contributed by atoms with Gasteiger partial charge in [0.25, 0.3) is 12.3 Å². The first-order chi connectivity index (χ1) is 13.8. The van der Waals surface area contributed by atoms with Crippen molar-refractivity contribution >= 4 is 17.2 Å². The Kier molecular flexibility index (Phi) is 5.06. The van der Waals surface area contributed by atoms with Crippen LogP contribution in [0.25, 0.3) is 5.65 Å². The Morgan fingerprint density at radius 3 is 2.66 bits per heavy atom. The third-order valence-corrected chi connectivity index (χ3v) is 5.60. The average Bonchev–Trinajstić information content (AvgIpc) is 3.27. The number of rotatable bonds is 4. The number of alkyl halides is 2. The summed E-state index contributed by atoms with van der Waals surface area (Å²) in [7, 11) is 0.